The fraction of sp³-hybridized carbons (Fsp3) is 0.625. The van der Waals surface area contributed by atoms with E-state index in [-0.39, 0.29) is 6.42 Å². The molecule has 1 unspecified atom stereocenters. The fourth-order valence-electron chi connectivity index (χ4n) is 1.62. The Hall–Kier alpha value is -0.970. The summed E-state index contributed by atoms with van der Waals surface area (Å²) in [4.78, 5) is 0. The normalized spacial score (nSPS) is 27.4. The number of H-pyrrole nitrogens is 1. The smallest absolute Gasteiger partial charge is 0.258 e. The number of hydrogen-bond donors (Lipinski definition) is 2. The molecule has 1 aromatic heterocycles. The highest BCUT2D eigenvalue weighted by atomic mass is 19.3. The molecule has 1 aliphatic heterocycles. The standard InChI is InChI=1S/C8H11F2N3/c9-8(10)2-4-11-5-6(8)7-1-3-12-13-7/h1,3,6,11H,2,4-5H2,(H,12,13). The molecule has 1 saturated heterocycles. The molecule has 2 heterocycles. The molecule has 2 rings (SSSR count). The Balaban J connectivity index is 2.21. The maximum Gasteiger partial charge on any atom is 0.258 e. The summed E-state index contributed by atoms with van der Waals surface area (Å²) in [7, 11) is 0. The van der Waals surface area contributed by atoms with Crippen LogP contribution >= 0.6 is 0 Å². The predicted molar refractivity (Wildman–Crippen MR) is 43.8 cm³/mol. The summed E-state index contributed by atoms with van der Waals surface area (Å²) in [5.41, 5.74) is 0.511. The molecule has 0 radical (unpaired) electrons. The molecule has 0 aromatic carbocycles. The highest BCUT2D eigenvalue weighted by Crippen LogP contribution is 2.36. The summed E-state index contributed by atoms with van der Waals surface area (Å²) >= 11 is 0. The number of hydrogen-bond acceptors (Lipinski definition) is 2. The maximum atomic E-state index is 13.3. The van der Waals surface area contributed by atoms with Crippen molar-refractivity contribution in [3.05, 3.63) is 18.0 Å². The van der Waals surface area contributed by atoms with Gasteiger partial charge in [-0.2, -0.15) is 5.10 Å². The molecule has 1 aliphatic rings. The van der Waals surface area contributed by atoms with Gasteiger partial charge in [-0.15, -0.1) is 0 Å². The highest BCUT2D eigenvalue weighted by molar-refractivity contribution is 5.12. The second-order valence-corrected chi connectivity index (χ2v) is 3.28. The SMILES string of the molecule is FC1(F)CCNCC1c1ccn[nH]1. The summed E-state index contributed by atoms with van der Waals surface area (Å²) in [5.74, 6) is -3.37. The van der Waals surface area contributed by atoms with Gasteiger partial charge in [0.05, 0.1) is 5.92 Å². The van der Waals surface area contributed by atoms with Crippen molar-refractivity contribution in [1.82, 2.24) is 15.5 Å². The first-order valence-corrected chi connectivity index (χ1v) is 4.28. The van der Waals surface area contributed by atoms with E-state index >= 15 is 0 Å². The van der Waals surface area contributed by atoms with Crippen LogP contribution in [0.25, 0.3) is 0 Å². The third-order valence-corrected chi connectivity index (χ3v) is 2.39. The molecule has 72 valence electrons. The van der Waals surface area contributed by atoms with Gasteiger partial charge in [0.2, 0.25) is 0 Å². The van der Waals surface area contributed by atoms with Crippen LogP contribution < -0.4 is 5.32 Å². The van der Waals surface area contributed by atoms with Crippen molar-refractivity contribution in [3.63, 3.8) is 0 Å². The zero-order chi connectivity index (χ0) is 9.31. The summed E-state index contributed by atoms with van der Waals surface area (Å²) in [6, 6.07) is 1.60. The monoisotopic (exact) mass is 187 g/mol. The molecule has 1 aromatic rings. The minimum Gasteiger partial charge on any atom is -0.316 e. The Bertz CT molecular complexity index is 271. The minimum absolute atomic E-state index is 0.101. The van der Waals surface area contributed by atoms with Crippen LogP contribution in [0.4, 0.5) is 8.78 Å². The fourth-order valence-corrected chi connectivity index (χ4v) is 1.62. The number of piperidine rings is 1. The van der Waals surface area contributed by atoms with Crippen LogP contribution in [-0.2, 0) is 0 Å². The molecule has 0 saturated carbocycles. The lowest BCUT2D eigenvalue weighted by Crippen LogP contribution is -2.43. The zero-order valence-corrected chi connectivity index (χ0v) is 7.06. The number of rotatable bonds is 1. The van der Waals surface area contributed by atoms with E-state index in [1.54, 1.807) is 6.07 Å². The number of nitrogens with zero attached hydrogens (tertiary/aromatic N) is 1. The molecular formula is C8H11F2N3. The van der Waals surface area contributed by atoms with E-state index in [4.69, 9.17) is 0 Å². The second kappa shape index (κ2) is 3.06. The van der Waals surface area contributed by atoms with Crippen molar-refractivity contribution in [2.24, 2.45) is 0 Å². The summed E-state index contributed by atoms with van der Waals surface area (Å²) in [6.45, 7) is 0.701. The van der Waals surface area contributed by atoms with E-state index < -0.39 is 11.8 Å². The molecule has 1 atom stereocenters. The second-order valence-electron chi connectivity index (χ2n) is 3.28. The van der Waals surface area contributed by atoms with Gasteiger partial charge in [0.1, 0.15) is 0 Å². The Morgan fingerprint density at radius 3 is 3.00 bits per heavy atom. The van der Waals surface area contributed by atoms with Crippen LogP contribution in [0.15, 0.2) is 12.3 Å². The molecule has 2 N–H and O–H groups in total. The van der Waals surface area contributed by atoms with Crippen LogP contribution in [-0.4, -0.2) is 29.2 Å². The van der Waals surface area contributed by atoms with E-state index in [1.807, 2.05) is 0 Å². The molecule has 0 spiro atoms. The van der Waals surface area contributed by atoms with Gasteiger partial charge in [-0.3, -0.25) is 5.10 Å². The summed E-state index contributed by atoms with van der Waals surface area (Å²) in [6.07, 6.45) is 1.40. The number of aromatic nitrogens is 2. The van der Waals surface area contributed by atoms with Crippen LogP contribution in [0.5, 0.6) is 0 Å². The minimum atomic E-state index is -2.61. The average Bonchev–Trinajstić information content (AvgIpc) is 2.55. The summed E-state index contributed by atoms with van der Waals surface area (Å²) < 4.78 is 26.7. The molecule has 0 aliphatic carbocycles. The topological polar surface area (TPSA) is 40.7 Å². The number of nitrogens with one attached hydrogen (secondary N) is 2. The maximum absolute atomic E-state index is 13.3. The van der Waals surface area contributed by atoms with Crippen LogP contribution in [0, 0.1) is 0 Å². The lowest BCUT2D eigenvalue weighted by molar-refractivity contribution is -0.0491. The molecule has 3 nitrogen and oxygen atoms in total. The average molecular weight is 187 g/mol. The van der Waals surface area contributed by atoms with Crippen molar-refractivity contribution >= 4 is 0 Å². The lowest BCUT2D eigenvalue weighted by atomic mass is 9.92. The van der Waals surface area contributed by atoms with Crippen LogP contribution in [0.3, 0.4) is 0 Å². The summed E-state index contributed by atoms with van der Waals surface area (Å²) in [5, 5.41) is 9.22. The van der Waals surface area contributed by atoms with Gasteiger partial charge in [-0.25, -0.2) is 8.78 Å². The zero-order valence-electron chi connectivity index (χ0n) is 7.06. The first-order valence-electron chi connectivity index (χ1n) is 4.28. The first-order chi connectivity index (χ1) is 6.20. The van der Waals surface area contributed by atoms with E-state index in [9.17, 15) is 8.78 Å². The van der Waals surface area contributed by atoms with Crippen molar-refractivity contribution < 1.29 is 8.78 Å². The largest absolute Gasteiger partial charge is 0.316 e. The van der Waals surface area contributed by atoms with Gasteiger partial charge in [0, 0.05) is 31.4 Å². The Labute approximate surface area is 74.5 Å². The Kier molecular flexibility index (Phi) is 2.03. The van der Waals surface area contributed by atoms with E-state index in [0.29, 0.717) is 18.8 Å². The molecular weight excluding hydrogens is 176 g/mol. The molecule has 13 heavy (non-hydrogen) atoms. The van der Waals surface area contributed by atoms with E-state index in [0.717, 1.165) is 0 Å². The van der Waals surface area contributed by atoms with Crippen molar-refractivity contribution in [3.8, 4) is 0 Å². The van der Waals surface area contributed by atoms with Gasteiger partial charge in [0.25, 0.3) is 5.92 Å². The van der Waals surface area contributed by atoms with Gasteiger partial charge in [0.15, 0.2) is 0 Å². The third kappa shape index (κ3) is 1.56. The molecule has 0 bridgehead atoms. The van der Waals surface area contributed by atoms with E-state index in [1.165, 1.54) is 6.20 Å². The van der Waals surface area contributed by atoms with E-state index in [2.05, 4.69) is 15.5 Å². The van der Waals surface area contributed by atoms with Gasteiger partial charge >= 0.3 is 0 Å². The molecule has 5 heteroatoms. The van der Waals surface area contributed by atoms with Gasteiger partial charge < -0.3 is 5.32 Å². The van der Waals surface area contributed by atoms with Gasteiger partial charge in [-0.1, -0.05) is 0 Å². The predicted octanol–water partition coefficient (Wildman–Crippen LogP) is 1.12. The number of aromatic amines is 1. The highest BCUT2D eigenvalue weighted by Gasteiger charge is 2.42. The quantitative estimate of drug-likeness (QED) is 0.691. The number of halogens is 2. The Morgan fingerprint density at radius 2 is 2.38 bits per heavy atom. The Morgan fingerprint density at radius 1 is 1.54 bits per heavy atom. The number of alkyl halides is 2. The van der Waals surface area contributed by atoms with Crippen LogP contribution in [0.2, 0.25) is 0 Å². The third-order valence-electron chi connectivity index (χ3n) is 2.39. The van der Waals surface area contributed by atoms with Crippen molar-refractivity contribution in [2.45, 2.75) is 18.3 Å². The molecule has 0 amide bonds. The first kappa shape index (κ1) is 8.62. The van der Waals surface area contributed by atoms with Crippen molar-refractivity contribution in [1.29, 1.82) is 0 Å². The lowest BCUT2D eigenvalue weighted by Gasteiger charge is -2.30. The van der Waals surface area contributed by atoms with Gasteiger partial charge in [-0.05, 0) is 6.07 Å². The molecule has 1 fully saturated rings. The van der Waals surface area contributed by atoms with Crippen LogP contribution in [0.1, 0.15) is 18.0 Å². The van der Waals surface area contributed by atoms with Crippen molar-refractivity contribution in [2.75, 3.05) is 13.1 Å².